The average molecular weight is 341 g/mol. The van der Waals surface area contributed by atoms with Crippen LogP contribution < -0.4 is 11.5 Å². The van der Waals surface area contributed by atoms with Crippen LogP contribution in [0.2, 0.25) is 0 Å². The van der Waals surface area contributed by atoms with Gasteiger partial charge in [0.2, 0.25) is 5.91 Å². The highest BCUT2D eigenvalue weighted by molar-refractivity contribution is 7.19. The Labute approximate surface area is 144 Å². The minimum atomic E-state index is 0.0924. The molecule has 6 nitrogen and oxygen atoms in total. The highest BCUT2D eigenvalue weighted by Gasteiger charge is 2.18. The molecule has 3 rings (SSSR count). The lowest BCUT2D eigenvalue weighted by atomic mass is 10.0. The number of nitrogens with two attached hydrogens (primary N) is 2. The molecule has 0 radical (unpaired) electrons. The summed E-state index contributed by atoms with van der Waals surface area (Å²) in [5.41, 5.74) is 14.6. The molecule has 1 amide bonds. The Bertz CT molecular complexity index is 886. The fourth-order valence-electron chi connectivity index (χ4n) is 2.58. The molecule has 0 saturated carbocycles. The monoisotopic (exact) mass is 341 g/mol. The van der Waals surface area contributed by atoms with Gasteiger partial charge in [-0.25, -0.2) is 9.97 Å². The zero-order chi connectivity index (χ0) is 17.3. The van der Waals surface area contributed by atoms with Crippen molar-refractivity contribution >= 4 is 39.0 Å². The van der Waals surface area contributed by atoms with Crippen LogP contribution in [-0.4, -0.2) is 34.9 Å². The Balaban J connectivity index is 2.11. The fraction of sp³-hybridized carbons (Fsp3) is 0.235. The molecular weight excluding hydrogens is 322 g/mol. The van der Waals surface area contributed by atoms with Crippen LogP contribution in [0.5, 0.6) is 0 Å². The first-order chi connectivity index (χ1) is 11.5. The van der Waals surface area contributed by atoms with Crippen molar-refractivity contribution in [3.8, 4) is 11.1 Å². The van der Waals surface area contributed by atoms with Gasteiger partial charge in [0.1, 0.15) is 17.0 Å². The summed E-state index contributed by atoms with van der Waals surface area (Å²) in [6, 6.07) is 7.63. The number of carbonyl (C=O) groups excluding carboxylic acids is 1. The molecule has 2 heterocycles. The molecule has 1 aromatic carbocycles. The van der Waals surface area contributed by atoms with Crippen molar-refractivity contribution in [3.63, 3.8) is 0 Å². The Hall–Kier alpha value is -2.67. The van der Waals surface area contributed by atoms with E-state index in [1.165, 1.54) is 6.33 Å². The topological polar surface area (TPSA) is 98.1 Å². The summed E-state index contributed by atoms with van der Waals surface area (Å²) in [5, 5.41) is 0.847. The summed E-state index contributed by atoms with van der Waals surface area (Å²) in [5.74, 6) is 0.544. The normalized spacial score (nSPS) is 10.9. The van der Waals surface area contributed by atoms with Gasteiger partial charge in [0.05, 0.1) is 5.39 Å². The van der Waals surface area contributed by atoms with Gasteiger partial charge in [0, 0.05) is 36.6 Å². The highest BCUT2D eigenvalue weighted by atomic mass is 32.1. The van der Waals surface area contributed by atoms with Crippen LogP contribution in [-0.2, 0) is 11.2 Å². The molecule has 0 aliphatic rings. The van der Waals surface area contributed by atoms with Crippen molar-refractivity contribution < 1.29 is 4.79 Å². The lowest BCUT2D eigenvalue weighted by Crippen LogP contribution is -2.21. The number of thiophene rings is 1. The molecule has 4 N–H and O–H groups in total. The molecule has 0 unspecified atom stereocenters. The highest BCUT2D eigenvalue weighted by Crippen LogP contribution is 2.40. The molecule has 2 aromatic heterocycles. The van der Waals surface area contributed by atoms with E-state index in [9.17, 15) is 4.79 Å². The number of nitrogens with zero attached hydrogens (tertiary/aromatic N) is 3. The molecule has 0 aliphatic carbocycles. The minimum absolute atomic E-state index is 0.0924. The molecular formula is C17H19N5OS. The van der Waals surface area contributed by atoms with Gasteiger partial charge in [-0.05, 0) is 24.1 Å². The molecule has 0 atom stereocenters. The largest absolute Gasteiger partial charge is 0.399 e. The first kappa shape index (κ1) is 16.2. The van der Waals surface area contributed by atoms with Gasteiger partial charge in [-0.2, -0.15) is 0 Å². The number of carbonyl (C=O) groups is 1. The standard InChI is InChI=1S/C17H19N5OS/c1-22(2)13(23)8-7-12-14(10-3-5-11(18)6-4-10)15-16(19)20-9-21-17(15)24-12/h3-6,9H,7-8,18H2,1-2H3,(H2,19,20,21). The number of hydrogen-bond donors (Lipinski definition) is 2. The molecule has 0 fully saturated rings. The van der Waals surface area contributed by atoms with E-state index in [-0.39, 0.29) is 5.91 Å². The molecule has 0 bridgehead atoms. The van der Waals surface area contributed by atoms with Gasteiger partial charge in [-0.15, -0.1) is 11.3 Å². The van der Waals surface area contributed by atoms with E-state index in [2.05, 4.69) is 9.97 Å². The Morgan fingerprint density at radius 2 is 1.88 bits per heavy atom. The Morgan fingerprint density at radius 3 is 2.54 bits per heavy atom. The first-order valence-electron chi connectivity index (χ1n) is 7.55. The second kappa shape index (κ2) is 6.45. The fourth-order valence-corrected chi connectivity index (χ4v) is 3.74. The van der Waals surface area contributed by atoms with Gasteiger partial charge in [0.25, 0.3) is 0 Å². The maximum atomic E-state index is 12.0. The van der Waals surface area contributed by atoms with Gasteiger partial charge < -0.3 is 16.4 Å². The van der Waals surface area contributed by atoms with Crippen molar-refractivity contribution in [2.24, 2.45) is 0 Å². The Kier molecular flexibility index (Phi) is 4.35. The molecule has 0 spiro atoms. The van der Waals surface area contributed by atoms with Crippen LogP contribution in [0.3, 0.4) is 0 Å². The zero-order valence-corrected chi connectivity index (χ0v) is 14.4. The third kappa shape index (κ3) is 3.03. The van der Waals surface area contributed by atoms with E-state index >= 15 is 0 Å². The third-order valence-electron chi connectivity index (χ3n) is 3.85. The molecule has 124 valence electrons. The molecule has 0 aliphatic heterocycles. The van der Waals surface area contributed by atoms with E-state index in [1.807, 2.05) is 24.3 Å². The summed E-state index contributed by atoms with van der Waals surface area (Å²) in [6.07, 6.45) is 2.54. The Morgan fingerprint density at radius 1 is 1.17 bits per heavy atom. The van der Waals surface area contributed by atoms with Crippen LogP contribution in [0.15, 0.2) is 30.6 Å². The molecule has 7 heteroatoms. The summed E-state index contributed by atoms with van der Waals surface area (Å²) in [4.78, 5) is 23.9. The van der Waals surface area contributed by atoms with Gasteiger partial charge in [0.15, 0.2) is 0 Å². The second-order valence-electron chi connectivity index (χ2n) is 5.75. The summed E-state index contributed by atoms with van der Waals surface area (Å²) >= 11 is 1.56. The maximum Gasteiger partial charge on any atom is 0.222 e. The summed E-state index contributed by atoms with van der Waals surface area (Å²) in [6.45, 7) is 0. The maximum absolute atomic E-state index is 12.0. The number of hydrogen-bond acceptors (Lipinski definition) is 6. The van der Waals surface area contributed by atoms with Crippen molar-refractivity contribution in [1.29, 1.82) is 0 Å². The number of aromatic nitrogens is 2. The van der Waals surface area contributed by atoms with Gasteiger partial charge in [-0.1, -0.05) is 12.1 Å². The van der Waals surface area contributed by atoms with Crippen molar-refractivity contribution in [2.75, 3.05) is 25.6 Å². The molecule has 3 aromatic rings. The van der Waals surface area contributed by atoms with E-state index in [1.54, 1.807) is 30.3 Å². The predicted octanol–water partition coefficient (Wildman–Crippen LogP) is 2.54. The van der Waals surface area contributed by atoms with Crippen molar-refractivity contribution in [3.05, 3.63) is 35.5 Å². The van der Waals surface area contributed by atoms with Crippen LogP contribution in [0.1, 0.15) is 11.3 Å². The smallest absolute Gasteiger partial charge is 0.222 e. The van der Waals surface area contributed by atoms with Crippen LogP contribution in [0, 0.1) is 0 Å². The predicted molar refractivity (Wildman–Crippen MR) is 98.7 cm³/mol. The summed E-state index contributed by atoms with van der Waals surface area (Å²) < 4.78 is 0. The van der Waals surface area contributed by atoms with E-state index < -0.39 is 0 Å². The number of anilines is 2. The quantitative estimate of drug-likeness (QED) is 0.711. The lowest BCUT2D eigenvalue weighted by molar-refractivity contribution is -0.128. The van der Waals surface area contributed by atoms with E-state index in [4.69, 9.17) is 11.5 Å². The van der Waals surface area contributed by atoms with Crippen molar-refractivity contribution in [1.82, 2.24) is 14.9 Å². The number of amides is 1. The number of nitrogen functional groups attached to an aromatic ring is 2. The van der Waals surface area contributed by atoms with Crippen LogP contribution in [0.25, 0.3) is 21.3 Å². The average Bonchev–Trinajstić information content (AvgIpc) is 2.93. The molecule has 24 heavy (non-hydrogen) atoms. The third-order valence-corrected chi connectivity index (χ3v) is 5.01. The van der Waals surface area contributed by atoms with Crippen molar-refractivity contribution in [2.45, 2.75) is 12.8 Å². The SMILES string of the molecule is CN(C)C(=O)CCc1sc2ncnc(N)c2c1-c1ccc(N)cc1. The van der Waals surface area contributed by atoms with Crippen LogP contribution in [0.4, 0.5) is 11.5 Å². The zero-order valence-electron chi connectivity index (χ0n) is 13.6. The number of fused-ring (bicyclic) bond motifs is 1. The molecule has 0 saturated heterocycles. The minimum Gasteiger partial charge on any atom is -0.399 e. The first-order valence-corrected chi connectivity index (χ1v) is 8.37. The van der Waals surface area contributed by atoms with E-state index in [0.717, 1.165) is 26.2 Å². The van der Waals surface area contributed by atoms with Gasteiger partial charge >= 0.3 is 0 Å². The number of benzene rings is 1. The summed E-state index contributed by atoms with van der Waals surface area (Å²) in [7, 11) is 3.52. The lowest BCUT2D eigenvalue weighted by Gasteiger charge is -2.10. The number of aryl methyl sites for hydroxylation is 1. The van der Waals surface area contributed by atoms with Crippen LogP contribution >= 0.6 is 11.3 Å². The van der Waals surface area contributed by atoms with E-state index in [0.29, 0.717) is 24.3 Å². The number of rotatable bonds is 4. The van der Waals surface area contributed by atoms with Gasteiger partial charge in [-0.3, -0.25) is 4.79 Å². The second-order valence-corrected chi connectivity index (χ2v) is 6.83.